The standard InChI is InChI=1S/C17H14FN3S/c1-12-11-22-17(20-12)21-19-10-13-5-4-6-14(9-13)15-7-2-3-8-16(15)18/h2-11H,1H3,(H,20,21). The zero-order valence-electron chi connectivity index (χ0n) is 12.0. The van der Waals surface area contributed by atoms with Crippen LogP contribution in [0.4, 0.5) is 9.52 Å². The Kier molecular flexibility index (Phi) is 4.25. The fourth-order valence-corrected chi connectivity index (χ4v) is 2.69. The highest BCUT2D eigenvalue weighted by Gasteiger charge is 2.03. The van der Waals surface area contributed by atoms with Gasteiger partial charge in [-0.05, 0) is 30.2 Å². The third kappa shape index (κ3) is 3.38. The van der Waals surface area contributed by atoms with Crippen LogP contribution < -0.4 is 5.43 Å². The number of aromatic nitrogens is 1. The van der Waals surface area contributed by atoms with Crippen molar-refractivity contribution in [2.24, 2.45) is 5.10 Å². The summed E-state index contributed by atoms with van der Waals surface area (Å²) in [5.74, 6) is -0.229. The first kappa shape index (κ1) is 14.4. The molecule has 0 aliphatic carbocycles. The molecule has 1 aromatic heterocycles. The maximum atomic E-state index is 13.8. The van der Waals surface area contributed by atoms with Crippen molar-refractivity contribution >= 4 is 22.7 Å². The van der Waals surface area contributed by atoms with Crippen LogP contribution in [0.5, 0.6) is 0 Å². The zero-order valence-corrected chi connectivity index (χ0v) is 12.8. The van der Waals surface area contributed by atoms with Crippen molar-refractivity contribution in [1.29, 1.82) is 0 Å². The van der Waals surface area contributed by atoms with Crippen molar-refractivity contribution in [3.8, 4) is 11.1 Å². The Labute approximate surface area is 132 Å². The summed E-state index contributed by atoms with van der Waals surface area (Å²) in [6, 6.07) is 14.3. The first-order valence-electron chi connectivity index (χ1n) is 6.78. The molecule has 0 aliphatic rings. The second kappa shape index (κ2) is 6.49. The van der Waals surface area contributed by atoms with Gasteiger partial charge in [0.2, 0.25) is 5.13 Å². The van der Waals surface area contributed by atoms with E-state index in [1.165, 1.54) is 17.4 Å². The number of thiazole rings is 1. The van der Waals surface area contributed by atoms with Crippen LogP contribution in [-0.4, -0.2) is 11.2 Å². The zero-order chi connectivity index (χ0) is 15.4. The number of nitrogens with zero attached hydrogens (tertiary/aromatic N) is 2. The maximum absolute atomic E-state index is 13.8. The molecule has 0 amide bonds. The SMILES string of the molecule is Cc1csc(NN=Cc2cccc(-c3ccccc3F)c2)n1. The van der Waals surface area contributed by atoms with Crippen LogP contribution in [0.15, 0.2) is 59.0 Å². The average molecular weight is 311 g/mol. The molecule has 5 heteroatoms. The van der Waals surface area contributed by atoms with Crippen molar-refractivity contribution in [1.82, 2.24) is 4.98 Å². The van der Waals surface area contributed by atoms with Crippen molar-refractivity contribution in [2.75, 3.05) is 5.43 Å². The lowest BCUT2D eigenvalue weighted by molar-refractivity contribution is 0.631. The predicted molar refractivity (Wildman–Crippen MR) is 89.9 cm³/mol. The first-order chi connectivity index (χ1) is 10.7. The Hall–Kier alpha value is -2.53. The van der Waals surface area contributed by atoms with Crippen LogP contribution in [-0.2, 0) is 0 Å². The van der Waals surface area contributed by atoms with Crippen molar-refractivity contribution in [3.63, 3.8) is 0 Å². The minimum atomic E-state index is -0.229. The molecule has 0 aliphatic heterocycles. The van der Waals surface area contributed by atoms with Gasteiger partial charge < -0.3 is 0 Å². The topological polar surface area (TPSA) is 37.3 Å². The van der Waals surface area contributed by atoms with Crippen molar-refractivity contribution < 1.29 is 4.39 Å². The van der Waals surface area contributed by atoms with Crippen LogP contribution in [0.2, 0.25) is 0 Å². The molecule has 1 heterocycles. The Morgan fingerprint density at radius 2 is 2.05 bits per heavy atom. The molecule has 0 unspecified atom stereocenters. The lowest BCUT2D eigenvalue weighted by atomic mass is 10.0. The van der Waals surface area contributed by atoms with E-state index in [9.17, 15) is 4.39 Å². The van der Waals surface area contributed by atoms with E-state index in [1.807, 2.05) is 42.6 Å². The van der Waals surface area contributed by atoms with Gasteiger partial charge in [0.05, 0.1) is 11.9 Å². The molecule has 2 aromatic carbocycles. The van der Waals surface area contributed by atoms with E-state index in [-0.39, 0.29) is 5.82 Å². The van der Waals surface area contributed by atoms with Crippen LogP contribution >= 0.6 is 11.3 Å². The highest BCUT2D eigenvalue weighted by atomic mass is 32.1. The molecular weight excluding hydrogens is 297 g/mol. The molecule has 0 atom stereocenters. The molecule has 0 saturated carbocycles. The van der Waals surface area contributed by atoms with Gasteiger partial charge in [-0.3, -0.25) is 5.43 Å². The van der Waals surface area contributed by atoms with Gasteiger partial charge in [-0.15, -0.1) is 11.3 Å². The maximum Gasteiger partial charge on any atom is 0.203 e. The van der Waals surface area contributed by atoms with E-state index in [0.717, 1.165) is 22.0 Å². The predicted octanol–water partition coefficient (Wildman–Crippen LogP) is 4.70. The molecule has 22 heavy (non-hydrogen) atoms. The molecule has 110 valence electrons. The summed E-state index contributed by atoms with van der Waals surface area (Å²) in [7, 11) is 0. The summed E-state index contributed by atoms with van der Waals surface area (Å²) in [4.78, 5) is 4.26. The molecule has 0 bridgehead atoms. The van der Waals surface area contributed by atoms with Gasteiger partial charge in [0, 0.05) is 10.9 Å². The number of nitrogens with one attached hydrogen (secondary N) is 1. The highest BCUT2D eigenvalue weighted by molar-refractivity contribution is 7.13. The van der Waals surface area contributed by atoms with Gasteiger partial charge in [-0.25, -0.2) is 9.37 Å². The summed E-state index contributed by atoms with van der Waals surface area (Å²) < 4.78 is 13.8. The number of benzene rings is 2. The largest absolute Gasteiger partial charge is 0.253 e. The molecule has 0 radical (unpaired) electrons. The van der Waals surface area contributed by atoms with E-state index in [4.69, 9.17) is 0 Å². The number of hydrogen-bond donors (Lipinski definition) is 1. The molecule has 1 N–H and O–H groups in total. The van der Waals surface area contributed by atoms with E-state index >= 15 is 0 Å². The first-order valence-corrected chi connectivity index (χ1v) is 7.66. The monoisotopic (exact) mass is 311 g/mol. The van der Waals surface area contributed by atoms with Gasteiger partial charge in [0.15, 0.2) is 0 Å². The second-order valence-electron chi connectivity index (χ2n) is 4.77. The van der Waals surface area contributed by atoms with Gasteiger partial charge in [-0.2, -0.15) is 5.10 Å². The minimum Gasteiger partial charge on any atom is -0.253 e. The fraction of sp³-hybridized carbons (Fsp3) is 0.0588. The number of hydrazone groups is 1. The lowest BCUT2D eigenvalue weighted by Crippen LogP contribution is -1.91. The number of rotatable bonds is 4. The van der Waals surface area contributed by atoms with Gasteiger partial charge in [0.25, 0.3) is 0 Å². The molecule has 0 spiro atoms. The lowest BCUT2D eigenvalue weighted by Gasteiger charge is -2.04. The summed E-state index contributed by atoms with van der Waals surface area (Å²) in [6.45, 7) is 1.93. The van der Waals surface area contributed by atoms with Crippen LogP contribution in [0.1, 0.15) is 11.3 Å². The van der Waals surface area contributed by atoms with Crippen molar-refractivity contribution in [3.05, 3.63) is 71.0 Å². The molecule has 3 rings (SSSR count). The van der Waals surface area contributed by atoms with Crippen LogP contribution in [0, 0.1) is 12.7 Å². The van der Waals surface area contributed by atoms with Crippen molar-refractivity contribution in [2.45, 2.75) is 6.92 Å². The Bertz CT molecular complexity index is 811. The molecule has 0 saturated heterocycles. The van der Waals surface area contributed by atoms with E-state index in [1.54, 1.807) is 18.3 Å². The average Bonchev–Trinajstić information content (AvgIpc) is 2.94. The molecule has 3 nitrogen and oxygen atoms in total. The van der Waals surface area contributed by atoms with E-state index in [0.29, 0.717) is 5.56 Å². The molecule has 0 fully saturated rings. The number of hydrogen-bond acceptors (Lipinski definition) is 4. The minimum absolute atomic E-state index is 0.229. The number of halogens is 1. The second-order valence-corrected chi connectivity index (χ2v) is 5.63. The smallest absolute Gasteiger partial charge is 0.203 e. The van der Waals surface area contributed by atoms with Gasteiger partial charge in [0.1, 0.15) is 5.82 Å². The summed E-state index contributed by atoms with van der Waals surface area (Å²) >= 11 is 1.50. The summed E-state index contributed by atoms with van der Waals surface area (Å²) in [5, 5.41) is 6.87. The summed E-state index contributed by atoms with van der Waals surface area (Å²) in [6.07, 6.45) is 1.70. The highest BCUT2D eigenvalue weighted by Crippen LogP contribution is 2.23. The Morgan fingerprint density at radius 3 is 2.82 bits per heavy atom. The van der Waals surface area contributed by atoms with Gasteiger partial charge in [-0.1, -0.05) is 36.4 Å². The Balaban J connectivity index is 1.78. The number of anilines is 1. The van der Waals surface area contributed by atoms with Crippen LogP contribution in [0.25, 0.3) is 11.1 Å². The molecular formula is C17H14FN3S. The summed E-state index contributed by atoms with van der Waals surface area (Å²) in [5.41, 5.74) is 6.15. The normalized spacial score (nSPS) is 11.0. The number of aryl methyl sites for hydroxylation is 1. The Morgan fingerprint density at radius 1 is 1.18 bits per heavy atom. The van der Waals surface area contributed by atoms with Crippen LogP contribution in [0.3, 0.4) is 0 Å². The quantitative estimate of drug-likeness (QED) is 0.560. The third-order valence-corrected chi connectivity index (χ3v) is 3.93. The molecule has 3 aromatic rings. The fourth-order valence-electron chi connectivity index (χ4n) is 2.05. The third-order valence-electron chi connectivity index (χ3n) is 3.06. The van der Waals surface area contributed by atoms with Gasteiger partial charge >= 0.3 is 0 Å². The van der Waals surface area contributed by atoms with E-state index in [2.05, 4.69) is 15.5 Å². The van der Waals surface area contributed by atoms with E-state index < -0.39 is 0 Å².